The Morgan fingerprint density at radius 2 is 2.09 bits per heavy atom. The lowest BCUT2D eigenvalue weighted by atomic mass is 9.96. The zero-order valence-electron chi connectivity index (χ0n) is 12.9. The summed E-state index contributed by atoms with van der Waals surface area (Å²) in [7, 11) is 0. The van der Waals surface area contributed by atoms with E-state index in [1.165, 1.54) is 6.07 Å². The van der Waals surface area contributed by atoms with Crippen molar-refractivity contribution in [3.05, 3.63) is 40.5 Å². The fraction of sp³-hybridized carbons (Fsp3) is 0.400. The van der Waals surface area contributed by atoms with Gasteiger partial charge in [0, 0.05) is 10.4 Å². The number of amides is 1. The number of carbonyl (C=O) groups excluding carboxylic acids is 1. The summed E-state index contributed by atoms with van der Waals surface area (Å²) >= 11 is 5.86. The van der Waals surface area contributed by atoms with Gasteiger partial charge in [-0.2, -0.15) is 4.98 Å². The second-order valence-corrected chi connectivity index (χ2v) is 6.41. The molecule has 2 N–H and O–H groups in total. The van der Waals surface area contributed by atoms with Crippen LogP contribution < -0.4 is 10.5 Å². The Morgan fingerprint density at radius 1 is 1.41 bits per heavy atom. The first-order valence-corrected chi connectivity index (χ1v) is 7.16. The molecule has 0 aliphatic rings. The third kappa shape index (κ3) is 3.57. The molecule has 118 valence electrons. The molecule has 0 spiro atoms. The van der Waals surface area contributed by atoms with E-state index < -0.39 is 12.0 Å². The molecule has 6 nitrogen and oxygen atoms in total. The highest BCUT2D eigenvalue weighted by Crippen LogP contribution is 2.28. The van der Waals surface area contributed by atoms with E-state index in [1.54, 1.807) is 19.1 Å². The lowest BCUT2D eigenvalue weighted by Gasteiger charge is -2.14. The van der Waals surface area contributed by atoms with Crippen LogP contribution in [0.1, 0.15) is 55.9 Å². The average Bonchev–Trinajstić information content (AvgIpc) is 2.90. The van der Waals surface area contributed by atoms with Gasteiger partial charge in [-0.25, -0.2) is 0 Å². The van der Waals surface area contributed by atoms with Gasteiger partial charge in [-0.3, -0.25) is 4.79 Å². The van der Waals surface area contributed by atoms with Crippen molar-refractivity contribution in [1.82, 2.24) is 10.1 Å². The number of carbonyl (C=O) groups is 1. The molecular formula is C15H18ClN3O3. The van der Waals surface area contributed by atoms with Gasteiger partial charge >= 0.3 is 0 Å². The summed E-state index contributed by atoms with van der Waals surface area (Å²) in [5.41, 5.74) is 5.31. The van der Waals surface area contributed by atoms with Gasteiger partial charge in [-0.1, -0.05) is 37.5 Å². The van der Waals surface area contributed by atoms with Gasteiger partial charge in [-0.05, 0) is 25.1 Å². The van der Waals surface area contributed by atoms with E-state index in [4.69, 9.17) is 26.6 Å². The molecule has 0 radical (unpaired) electrons. The Labute approximate surface area is 133 Å². The van der Waals surface area contributed by atoms with Crippen molar-refractivity contribution >= 4 is 17.5 Å². The molecular weight excluding hydrogens is 306 g/mol. The fourth-order valence-corrected chi connectivity index (χ4v) is 1.92. The molecule has 1 atom stereocenters. The van der Waals surface area contributed by atoms with Crippen LogP contribution in [0.25, 0.3) is 0 Å². The third-order valence-corrected chi connectivity index (χ3v) is 3.21. The van der Waals surface area contributed by atoms with Crippen LogP contribution in [-0.2, 0) is 5.41 Å². The molecule has 0 bridgehead atoms. The number of rotatable bonds is 4. The summed E-state index contributed by atoms with van der Waals surface area (Å²) in [5.74, 6) is 0.616. The standard InChI is InChI=1S/C15H18ClN3O3/c1-8(13-18-14(19-22-13)15(2,3)4)21-11-6-5-9(16)7-10(11)12(17)20/h5-8H,1-4H3,(H2,17,20)/t8-/m1/s1. The Bertz CT molecular complexity index is 692. The largest absolute Gasteiger partial charge is 0.480 e. The number of hydrogen-bond acceptors (Lipinski definition) is 5. The summed E-state index contributed by atoms with van der Waals surface area (Å²) in [6.45, 7) is 7.70. The molecule has 1 aromatic carbocycles. The zero-order valence-corrected chi connectivity index (χ0v) is 13.6. The molecule has 0 saturated carbocycles. The van der Waals surface area contributed by atoms with Crippen LogP contribution in [0.3, 0.4) is 0 Å². The van der Waals surface area contributed by atoms with Crippen molar-refractivity contribution in [2.45, 2.75) is 39.2 Å². The number of benzene rings is 1. The lowest BCUT2D eigenvalue weighted by molar-refractivity contribution is 0.0991. The maximum Gasteiger partial charge on any atom is 0.267 e. The van der Waals surface area contributed by atoms with Crippen LogP contribution in [0.4, 0.5) is 0 Å². The van der Waals surface area contributed by atoms with Crippen LogP contribution in [0.5, 0.6) is 5.75 Å². The summed E-state index contributed by atoms with van der Waals surface area (Å²) in [5, 5.41) is 4.35. The molecule has 1 amide bonds. The van der Waals surface area contributed by atoms with E-state index in [0.29, 0.717) is 22.5 Å². The Balaban J connectivity index is 2.24. The van der Waals surface area contributed by atoms with Crippen LogP contribution in [0.2, 0.25) is 5.02 Å². The SMILES string of the molecule is C[C@@H](Oc1ccc(Cl)cc1C(N)=O)c1nc(C(C)(C)C)no1. The predicted octanol–water partition coefficient (Wildman–Crippen LogP) is 3.26. The molecule has 2 aromatic rings. The number of nitrogens with zero attached hydrogens (tertiary/aromatic N) is 2. The van der Waals surface area contributed by atoms with E-state index in [1.807, 2.05) is 20.8 Å². The fourth-order valence-electron chi connectivity index (χ4n) is 1.74. The quantitative estimate of drug-likeness (QED) is 0.932. The summed E-state index contributed by atoms with van der Waals surface area (Å²) in [4.78, 5) is 15.8. The van der Waals surface area contributed by atoms with E-state index in [9.17, 15) is 4.79 Å². The van der Waals surface area contributed by atoms with Crippen LogP contribution in [-0.4, -0.2) is 16.0 Å². The number of halogens is 1. The normalized spacial score (nSPS) is 13.0. The van der Waals surface area contributed by atoms with Crippen molar-refractivity contribution in [3.8, 4) is 5.75 Å². The highest BCUT2D eigenvalue weighted by Gasteiger charge is 2.24. The monoisotopic (exact) mass is 323 g/mol. The van der Waals surface area contributed by atoms with Gasteiger partial charge in [0.05, 0.1) is 5.56 Å². The third-order valence-electron chi connectivity index (χ3n) is 2.97. The second-order valence-electron chi connectivity index (χ2n) is 5.97. The Hall–Kier alpha value is -2.08. The van der Waals surface area contributed by atoms with E-state index in [0.717, 1.165) is 0 Å². The average molecular weight is 324 g/mol. The molecule has 0 aliphatic heterocycles. The maximum absolute atomic E-state index is 11.5. The molecule has 0 saturated heterocycles. The van der Waals surface area contributed by atoms with Gasteiger partial charge in [0.25, 0.3) is 11.8 Å². The second kappa shape index (κ2) is 5.96. The lowest BCUT2D eigenvalue weighted by Crippen LogP contribution is -2.15. The van der Waals surface area contributed by atoms with Crippen molar-refractivity contribution in [1.29, 1.82) is 0 Å². The first-order chi connectivity index (χ1) is 10.2. The highest BCUT2D eigenvalue weighted by molar-refractivity contribution is 6.31. The Kier molecular flexibility index (Phi) is 4.42. The number of hydrogen-bond donors (Lipinski definition) is 1. The molecule has 0 unspecified atom stereocenters. The molecule has 22 heavy (non-hydrogen) atoms. The Morgan fingerprint density at radius 3 is 2.64 bits per heavy atom. The minimum absolute atomic E-state index is 0.204. The van der Waals surface area contributed by atoms with Crippen molar-refractivity contribution < 1.29 is 14.1 Å². The van der Waals surface area contributed by atoms with Crippen molar-refractivity contribution in [2.24, 2.45) is 5.73 Å². The van der Waals surface area contributed by atoms with Crippen molar-refractivity contribution in [2.75, 3.05) is 0 Å². The maximum atomic E-state index is 11.5. The van der Waals surface area contributed by atoms with Gasteiger partial charge in [0.1, 0.15) is 5.75 Å². The topological polar surface area (TPSA) is 91.2 Å². The number of nitrogens with two attached hydrogens (primary N) is 1. The molecule has 1 heterocycles. The highest BCUT2D eigenvalue weighted by atomic mass is 35.5. The van der Waals surface area contributed by atoms with E-state index in [-0.39, 0.29) is 11.0 Å². The van der Waals surface area contributed by atoms with Gasteiger partial charge < -0.3 is 15.0 Å². The zero-order chi connectivity index (χ0) is 16.5. The predicted molar refractivity (Wildman–Crippen MR) is 82.0 cm³/mol. The minimum atomic E-state index is -0.620. The molecule has 1 aromatic heterocycles. The molecule has 2 rings (SSSR count). The number of aromatic nitrogens is 2. The molecule has 0 aliphatic carbocycles. The first-order valence-electron chi connectivity index (χ1n) is 6.78. The van der Waals surface area contributed by atoms with Gasteiger partial charge in [0.2, 0.25) is 0 Å². The smallest absolute Gasteiger partial charge is 0.267 e. The van der Waals surface area contributed by atoms with Crippen LogP contribution in [0, 0.1) is 0 Å². The summed E-state index contributed by atoms with van der Waals surface area (Å²) < 4.78 is 10.9. The molecule has 7 heteroatoms. The van der Waals surface area contributed by atoms with Crippen LogP contribution in [0.15, 0.2) is 22.7 Å². The van der Waals surface area contributed by atoms with Gasteiger partial charge in [-0.15, -0.1) is 0 Å². The summed E-state index contributed by atoms with van der Waals surface area (Å²) in [6.07, 6.45) is -0.525. The van der Waals surface area contributed by atoms with Crippen LogP contribution >= 0.6 is 11.6 Å². The number of primary amides is 1. The van der Waals surface area contributed by atoms with E-state index in [2.05, 4.69) is 10.1 Å². The van der Waals surface area contributed by atoms with Gasteiger partial charge in [0.15, 0.2) is 11.9 Å². The molecule has 0 fully saturated rings. The number of ether oxygens (including phenoxy) is 1. The summed E-state index contributed by atoms with van der Waals surface area (Å²) in [6, 6.07) is 4.66. The first kappa shape index (κ1) is 16.3. The van der Waals surface area contributed by atoms with Crippen molar-refractivity contribution in [3.63, 3.8) is 0 Å². The minimum Gasteiger partial charge on any atom is -0.480 e. The van der Waals surface area contributed by atoms with E-state index >= 15 is 0 Å².